The summed E-state index contributed by atoms with van der Waals surface area (Å²) in [7, 11) is 0. The van der Waals surface area contributed by atoms with Crippen LogP contribution < -0.4 is 19.3 Å². The van der Waals surface area contributed by atoms with Gasteiger partial charge in [-0.15, -0.1) is 0 Å². The molecule has 2 saturated heterocycles. The lowest BCUT2D eigenvalue weighted by Crippen LogP contribution is -2.39. The van der Waals surface area contributed by atoms with Crippen molar-refractivity contribution in [3.63, 3.8) is 0 Å². The van der Waals surface area contributed by atoms with Crippen LogP contribution in [0.1, 0.15) is 99.8 Å². The van der Waals surface area contributed by atoms with Crippen LogP contribution in [0.4, 0.5) is 11.4 Å². The number of rotatable bonds is 8. The van der Waals surface area contributed by atoms with Crippen LogP contribution in [0, 0.1) is 10.8 Å². The number of halogens is 2. The van der Waals surface area contributed by atoms with Gasteiger partial charge < -0.3 is 29.1 Å². The van der Waals surface area contributed by atoms with E-state index in [1.165, 1.54) is 0 Å². The molecule has 2 aliphatic carbocycles. The highest BCUT2D eigenvalue weighted by Gasteiger charge is 2.56. The molecular formula is C38H52Cl2N2O6. The summed E-state index contributed by atoms with van der Waals surface area (Å²) in [6, 6.07) is 11.2. The number of esters is 1. The number of aliphatic carboxylic acids is 1. The maximum absolute atomic E-state index is 12.6. The number of carbonyl (C=O) groups is 2. The molecule has 0 unspecified atom stereocenters. The van der Waals surface area contributed by atoms with Crippen molar-refractivity contribution in [3.8, 4) is 11.5 Å². The normalized spacial score (nSPS) is 21.7. The Labute approximate surface area is 296 Å². The summed E-state index contributed by atoms with van der Waals surface area (Å²) in [5.74, 6) is 0.0987. The predicted molar refractivity (Wildman–Crippen MR) is 192 cm³/mol. The Kier molecular flexibility index (Phi) is 10.2. The van der Waals surface area contributed by atoms with Gasteiger partial charge in [0.1, 0.15) is 17.1 Å². The van der Waals surface area contributed by atoms with E-state index in [1.807, 2.05) is 51.1 Å². The largest absolute Gasteiger partial charge is 0.478 e. The first-order valence-electron chi connectivity index (χ1n) is 17.3. The minimum Gasteiger partial charge on any atom is -0.478 e. The molecule has 2 aromatic carbocycles. The molecule has 6 rings (SSSR count). The maximum atomic E-state index is 12.6. The molecule has 2 aliphatic heterocycles. The Balaban J connectivity index is 0.000000190. The van der Waals surface area contributed by atoms with Crippen LogP contribution in [0.15, 0.2) is 36.4 Å². The Morgan fingerprint density at radius 2 is 1.04 bits per heavy atom. The average molecular weight is 704 g/mol. The molecular weight excluding hydrogens is 651 g/mol. The van der Waals surface area contributed by atoms with Crippen molar-refractivity contribution in [1.82, 2.24) is 0 Å². The number of carbonyl (C=O) groups excluding carboxylic acids is 1. The standard InChI is InChI=1S/C21H30ClNO3.C17H22ClNO3/c1-19(2,3)26-18(24)21(8-9-21)25-17-14-15(22)6-7-16(17)23-12-10-20(4,5)11-13-23;1-16(2)7-9-19(10-8-16)13-4-3-12(18)11-14(13)22-17(5-6-17)15(20)21/h6-7,14H,8-13H2,1-5H3;3-4,11H,5-10H2,1-2H3,(H,20,21). The maximum Gasteiger partial charge on any atom is 0.351 e. The molecule has 8 nitrogen and oxygen atoms in total. The fourth-order valence-electron chi connectivity index (χ4n) is 6.09. The minimum absolute atomic E-state index is 0.282. The van der Waals surface area contributed by atoms with Crippen molar-refractivity contribution in [2.75, 3.05) is 36.0 Å². The molecule has 0 amide bonds. The fraction of sp³-hybridized carbons (Fsp3) is 0.632. The van der Waals surface area contributed by atoms with E-state index in [2.05, 4.69) is 37.5 Å². The van der Waals surface area contributed by atoms with Gasteiger partial charge in [-0.2, -0.15) is 0 Å². The molecule has 2 saturated carbocycles. The second-order valence-corrected chi connectivity index (χ2v) is 17.4. The summed E-state index contributed by atoms with van der Waals surface area (Å²) in [4.78, 5) is 28.6. The van der Waals surface area contributed by atoms with E-state index >= 15 is 0 Å². The number of ether oxygens (including phenoxy) is 3. The van der Waals surface area contributed by atoms with Crippen molar-refractivity contribution >= 4 is 46.5 Å². The number of piperidine rings is 2. The van der Waals surface area contributed by atoms with Gasteiger partial charge in [0.05, 0.1) is 11.4 Å². The third kappa shape index (κ3) is 9.03. The molecule has 2 heterocycles. The molecule has 0 bridgehead atoms. The van der Waals surface area contributed by atoms with Crippen molar-refractivity contribution in [1.29, 1.82) is 0 Å². The number of nitrogens with zero attached hydrogens (tertiary/aromatic N) is 2. The van der Waals surface area contributed by atoms with Gasteiger partial charge >= 0.3 is 11.9 Å². The Morgan fingerprint density at radius 3 is 1.38 bits per heavy atom. The van der Waals surface area contributed by atoms with E-state index in [0.29, 0.717) is 58.1 Å². The van der Waals surface area contributed by atoms with Gasteiger partial charge in [-0.05, 0) is 81.5 Å². The van der Waals surface area contributed by atoms with Crippen LogP contribution in [-0.4, -0.2) is 60.0 Å². The number of carboxylic acids is 1. The van der Waals surface area contributed by atoms with E-state index in [-0.39, 0.29) is 5.97 Å². The number of hydrogen-bond donors (Lipinski definition) is 1. The highest BCUT2D eigenvalue weighted by Crippen LogP contribution is 2.47. The zero-order valence-electron chi connectivity index (χ0n) is 29.6. The number of hydrogen-bond acceptors (Lipinski definition) is 7. The monoisotopic (exact) mass is 702 g/mol. The number of carboxylic acid groups (broad SMARTS) is 1. The van der Waals surface area contributed by atoms with Gasteiger partial charge in [0.15, 0.2) is 0 Å². The SMILES string of the molecule is CC1(C)CCN(c2ccc(Cl)cc2OC2(C(=O)O)CC2)CC1.CC1(C)CCN(c2ccc(Cl)cc2OC2(C(=O)OC(C)(C)C)CC2)CC1. The average Bonchev–Trinajstić information content (AvgIpc) is 3.91. The van der Waals surface area contributed by atoms with Crippen LogP contribution >= 0.6 is 23.2 Å². The van der Waals surface area contributed by atoms with Gasteiger partial charge in [0.25, 0.3) is 0 Å². The van der Waals surface area contributed by atoms with Crippen LogP contribution in [0.25, 0.3) is 0 Å². The fourth-order valence-corrected chi connectivity index (χ4v) is 6.42. The summed E-state index contributed by atoms with van der Waals surface area (Å²) in [6.07, 6.45) is 6.96. The molecule has 1 N–H and O–H groups in total. The van der Waals surface area contributed by atoms with Crippen LogP contribution in [-0.2, 0) is 14.3 Å². The zero-order valence-corrected chi connectivity index (χ0v) is 31.1. The number of anilines is 2. The summed E-state index contributed by atoms with van der Waals surface area (Å²) < 4.78 is 17.7. The lowest BCUT2D eigenvalue weighted by atomic mass is 9.82. The molecule has 0 atom stereocenters. The molecule has 264 valence electrons. The Morgan fingerprint density at radius 1 is 0.667 bits per heavy atom. The lowest BCUT2D eigenvalue weighted by molar-refractivity contribution is -0.165. The Hall–Kier alpha value is -2.84. The van der Waals surface area contributed by atoms with Gasteiger partial charge in [-0.1, -0.05) is 50.9 Å². The molecule has 2 aromatic rings. The summed E-state index contributed by atoms with van der Waals surface area (Å²) in [6.45, 7) is 18.7. The summed E-state index contributed by atoms with van der Waals surface area (Å²) in [5.41, 5.74) is 0.273. The molecule has 4 fully saturated rings. The lowest BCUT2D eigenvalue weighted by Gasteiger charge is -2.39. The smallest absolute Gasteiger partial charge is 0.351 e. The third-order valence-corrected chi connectivity index (χ3v) is 10.4. The summed E-state index contributed by atoms with van der Waals surface area (Å²) >= 11 is 12.3. The van der Waals surface area contributed by atoms with Crippen LogP contribution in [0.3, 0.4) is 0 Å². The minimum atomic E-state index is -1.05. The van der Waals surface area contributed by atoms with Crippen molar-refractivity contribution in [2.24, 2.45) is 10.8 Å². The molecule has 0 radical (unpaired) electrons. The van der Waals surface area contributed by atoms with E-state index in [4.69, 9.17) is 37.4 Å². The van der Waals surface area contributed by atoms with Crippen molar-refractivity contribution < 1.29 is 28.9 Å². The summed E-state index contributed by atoms with van der Waals surface area (Å²) in [5, 5.41) is 10.5. The second-order valence-electron chi connectivity index (χ2n) is 16.5. The van der Waals surface area contributed by atoms with E-state index < -0.39 is 22.8 Å². The van der Waals surface area contributed by atoms with Crippen LogP contribution in [0.2, 0.25) is 10.0 Å². The molecule has 0 spiro atoms. The Bertz CT molecular complexity index is 1490. The first kappa shape index (κ1) is 36.4. The highest BCUT2D eigenvalue weighted by atomic mass is 35.5. The van der Waals surface area contributed by atoms with Crippen molar-refractivity contribution in [2.45, 2.75) is 117 Å². The van der Waals surface area contributed by atoms with Gasteiger partial charge in [0, 0.05) is 74.0 Å². The first-order chi connectivity index (χ1) is 22.3. The quantitative estimate of drug-likeness (QED) is 0.273. The van der Waals surface area contributed by atoms with Gasteiger partial charge in [0.2, 0.25) is 11.2 Å². The zero-order chi connectivity index (χ0) is 35.1. The van der Waals surface area contributed by atoms with Gasteiger partial charge in [-0.25, -0.2) is 9.59 Å². The van der Waals surface area contributed by atoms with Crippen molar-refractivity contribution in [3.05, 3.63) is 46.4 Å². The first-order valence-corrected chi connectivity index (χ1v) is 18.0. The third-order valence-electron chi connectivity index (χ3n) is 9.94. The number of benzene rings is 2. The second kappa shape index (κ2) is 13.5. The predicted octanol–water partition coefficient (Wildman–Crippen LogP) is 9.18. The molecule has 0 aromatic heterocycles. The van der Waals surface area contributed by atoms with E-state index in [0.717, 1.165) is 63.2 Å². The van der Waals surface area contributed by atoms with Gasteiger partial charge in [-0.3, -0.25) is 0 Å². The molecule has 10 heteroatoms. The topological polar surface area (TPSA) is 88.5 Å². The van der Waals surface area contributed by atoms with Crippen LogP contribution in [0.5, 0.6) is 11.5 Å². The van der Waals surface area contributed by atoms with E-state index in [9.17, 15) is 14.7 Å². The highest BCUT2D eigenvalue weighted by molar-refractivity contribution is 6.31. The van der Waals surface area contributed by atoms with E-state index in [1.54, 1.807) is 6.07 Å². The molecule has 4 aliphatic rings. The molecule has 48 heavy (non-hydrogen) atoms.